The van der Waals surface area contributed by atoms with E-state index in [0.29, 0.717) is 51.6 Å². The minimum Gasteiger partial charge on any atom is -0.370 e. The van der Waals surface area contributed by atoms with Crippen LogP contribution in [0.2, 0.25) is 0 Å². The van der Waals surface area contributed by atoms with E-state index in [1.165, 1.54) is 0 Å². The van der Waals surface area contributed by atoms with Crippen LogP contribution in [0.3, 0.4) is 0 Å². The molecule has 0 saturated carbocycles. The van der Waals surface area contributed by atoms with Gasteiger partial charge in [0.05, 0.1) is 12.1 Å². The van der Waals surface area contributed by atoms with Gasteiger partial charge in [0.2, 0.25) is 5.91 Å². The molecule has 0 fully saturated rings. The number of nitrogens with two attached hydrogens (primary N) is 4. The Morgan fingerprint density at radius 1 is 0.627 bits per heavy atom. The lowest BCUT2D eigenvalue weighted by molar-refractivity contribution is -0.133. The van der Waals surface area contributed by atoms with E-state index in [9.17, 15) is 14.4 Å². The molecule has 268 valence electrons. The van der Waals surface area contributed by atoms with Gasteiger partial charge in [-0.15, -0.1) is 0 Å². The van der Waals surface area contributed by atoms with Crippen LogP contribution in [0.25, 0.3) is 22.3 Å². The van der Waals surface area contributed by atoms with E-state index < -0.39 is 18.0 Å². The normalized spacial score (nSPS) is 12.7. The minimum atomic E-state index is -0.764. The highest BCUT2D eigenvalue weighted by molar-refractivity contribution is 5.93. The Morgan fingerprint density at radius 3 is 1.69 bits per heavy atom. The number of carbonyl (C=O) groups excluding carboxylic acids is 3. The van der Waals surface area contributed by atoms with Gasteiger partial charge in [-0.05, 0) is 78.5 Å². The predicted molar refractivity (Wildman–Crippen MR) is 207 cm³/mol. The van der Waals surface area contributed by atoms with Crippen LogP contribution in [0.5, 0.6) is 0 Å². The van der Waals surface area contributed by atoms with E-state index in [4.69, 9.17) is 22.9 Å². The van der Waals surface area contributed by atoms with Gasteiger partial charge in [-0.1, -0.05) is 116 Å². The molecule has 0 radical (unpaired) electrons. The highest BCUT2D eigenvalue weighted by Crippen LogP contribution is 2.22. The van der Waals surface area contributed by atoms with Crippen molar-refractivity contribution in [1.29, 1.82) is 0 Å². The van der Waals surface area contributed by atoms with Crippen LogP contribution in [-0.2, 0) is 27.2 Å². The smallest absolute Gasteiger partial charge is 0.224 e. The molecule has 0 aliphatic carbocycles. The van der Waals surface area contributed by atoms with Gasteiger partial charge in [0.1, 0.15) is 0 Å². The van der Waals surface area contributed by atoms with E-state index in [1.54, 1.807) is 0 Å². The SMILES string of the molecule is NCCC[C@H](CC(=O)[C@@H](N)Cc1ccc(-c2ccccc2)cc1)C(=O)N[C@@H](Cc1ccc(-c2ccccc2)cc1)C(=O)CCCCCN=C(N)N. The van der Waals surface area contributed by atoms with Crippen molar-refractivity contribution in [2.75, 3.05) is 13.1 Å². The first-order valence-corrected chi connectivity index (χ1v) is 17.9. The second-order valence-electron chi connectivity index (χ2n) is 13.1. The molecule has 0 aliphatic heterocycles. The van der Waals surface area contributed by atoms with Crippen molar-refractivity contribution in [2.24, 2.45) is 33.8 Å². The summed E-state index contributed by atoms with van der Waals surface area (Å²) in [5.41, 5.74) is 29.3. The van der Waals surface area contributed by atoms with Gasteiger partial charge >= 0.3 is 0 Å². The van der Waals surface area contributed by atoms with E-state index >= 15 is 0 Å². The number of carbonyl (C=O) groups is 3. The van der Waals surface area contributed by atoms with Gasteiger partial charge in [-0.2, -0.15) is 0 Å². The third-order valence-corrected chi connectivity index (χ3v) is 9.09. The molecular formula is C42H52N6O3. The molecule has 3 atom stereocenters. The van der Waals surface area contributed by atoms with Gasteiger partial charge in [0, 0.05) is 25.3 Å². The molecule has 0 spiro atoms. The maximum absolute atomic E-state index is 13.8. The number of Topliss-reactive ketones (excluding diaryl/α,β-unsaturated/α-hetero) is 2. The summed E-state index contributed by atoms with van der Waals surface area (Å²) in [5.74, 6) is -1.18. The Morgan fingerprint density at radius 2 is 1.16 bits per heavy atom. The highest BCUT2D eigenvalue weighted by Gasteiger charge is 2.28. The van der Waals surface area contributed by atoms with E-state index in [-0.39, 0.29) is 29.9 Å². The summed E-state index contributed by atoms with van der Waals surface area (Å²) in [6, 6.07) is 34.7. The molecule has 0 aliphatic rings. The first-order chi connectivity index (χ1) is 24.7. The predicted octanol–water partition coefficient (Wildman–Crippen LogP) is 5.34. The average molecular weight is 689 g/mol. The van der Waals surface area contributed by atoms with E-state index in [2.05, 4.69) is 10.3 Å². The molecule has 0 aromatic heterocycles. The molecule has 9 N–H and O–H groups in total. The average Bonchev–Trinajstić information content (AvgIpc) is 3.15. The van der Waals surface area contributed by atoms with E-state index in [1.807, 2.05) is 109 Å². The second kappa shape index (κ2) is 20.5. The summed E-state index contributed by atoms with van der Waals surface area (Å²) in [4.78, 5) is 44.9. The summed E-state index contributed by atoms with van der Waals surface area (Å²) in [7, 11) is 0. The van der Waals surface area contributed by atoms with Gasteiger partial charge in [0.15, 0.2) is 17.5 Å². The standard InChI is InChI=1S/C42H52N6O3/c43-25-10-15-36(29-40(50)37(44)27-30-17-21-34(22-18-30)32-11-4-1-5-12-32)41(51)48-38(39(49)16-8-3-9-26-47-42(45)46)28-31-19-23-35(24-20-31)33-13-6-2-7-14-33/h1-2,4-7,11-14,17-24,36-38H,3,8-10,15-16,25-29,43-44H2,(H,48,51)(H4,45,46,47)/t36-,37+,38+/m1/s1. The summed E-state index contributed by atoms with van der Waals surface area (Å²) in [6.45, 7) is 0.885. The lowest BCUT2D eigenvalue weighted by Gasteiger charge is -2.23. The van der Waals surface area contributed by atoms with Crippen LogP contribution < -0.4 is 28.3 Å². The van der Waals surface area contributed by atoms with Crippen LogP contribution in [0.1, 0.15) is 56.1 Å². The Bertz CT molecular complexity index is 1690. The van der Waals surface area contributed by atoms with Crippen LogP contribution in [0.15, 0.2) is 114 Å². The molecule has 0 saturated heterocycles. The van der Waals surface area contributed by atoms with Crippen LogP contribution in [0, 0.1) is 5.92 Å². The summed E-state index contributed by atoms with van der Waals surface area (Å²) in [6.07, 6.45) is 4.14. The molecule has 0 bridgehead atoms. The Hall–Kier alpha value is -5.12. The van der Waals surface area contributed by atoms with Crippen molar-refractivity contribution in [2.45, 2.75) is 69.9 Å². The largest absolute Gasteiger partial charge is 0.370 e. The number of amides is 1. The lowest BCUT2D eigenvalue weighted by atomic mass is 9.90. The zero-order chi connectivity index (χ0) is 36.4. The molecular weight excluding hydrogens is 637 g/mol. The molecule has 0 heterocycles. The van der Waals surface area contributed by atoms with Crippen molar-refractivity contribution in [1.82, 2.24) is 5.32 Å². The zero-order valence-corrected chi connectivity index (χ0v) is 29.4. The number of hydrogen-bond acceptors (Lipinski definition) is 6. The minimum absolute atomic E-state index is 0.0213. The molecule has 9 nitrogen and oxygen atoms in total. The Kier molecular flexibility index (Phi) is 15.6. The molecule has 9 heteroatoms. The van der Waals surface area contributed by atoms with Gasteiger partial charge in [0.25, 0.3) is 0 Å². The van der Waals surface area contributed by atoms with Crippen molar-refractivity contribution in [3.05, 3.63) is 120 Å². The highest BCUT2D eigenvalue weighted by atomic mass is 16.2. The molecule has 4 aromatic carbocycles. The number of aliphatic imine (C=N–C) groups is 1. The summed E-state index contributed by atoms with van der Waals surface area (Å²) >= 11 is 0. The van der Waals surface area contributed by atoms with Gasteiger partial charge in [-0.25, -0.2) is 0 Å². The fourth-order valence-electron chi connectivity index (χ4n) is 6.12. The van der Waals surface area contributed by atoms with Crippen molar-refractivity contribution >= 4 is 23.4 Å². The van der Waals surface area contributed by atoms with Crippen molar-refractivity contribution in [3.63, 3.8) is 0 Å². The molecule has 4 aromatic rings. The number of nitrogens with zero attached hydrogens (tertiary/aromatic N) is 1. The van der Waals surface area contributed by atoms with Crippen molar-refractivity contribution in [3.8, 4) is 22.3 Å². The molecule has 4 rings (SSSR count). The topological polar surface area (TPSA) is 180 Å². The maximum Gasteiger partial charge on any atom is 0.224 e. The number of guanidine groups is 1. The van der Waals surface area contributed by atoms with Crippen LogP contribution in [0.4, 0.5) is 0 Å². The van der Waals surface area contributed by atoms with Crippen molar-refractivity contribution < 1.29 is 14.4 Å². The fourth-order valence-corrected chi connectivity index (χ4v) is 6.12. The molecule has 1 amide bonds. The monoisotopic (exact) mass is 688 g/mol. The third kappa shape index (κ3) is 12.9. The quantitative estimate of drug-likeness (QED) is 0.0446. The fraction of sp³-hybridized carbons (Fsp3) is 0.333. The first kappa shape index (κ1) is 38.7. The number of benzene rings is 4. The van der Waals surface area contributed by atoms with E-state index in [0.717, 1.165) is 46.2 Å². The first-order valence-electron chi connectivity index (χ1n) is 17.9. The zero-order valence-electron chi connectivity index (χ0n) is 29.4. The van der Waals surface area contributed by atoms with Gasteiger partial charge < -0.3 is 28.3 Å². The van der Waals surface area contributed by atoms with Gasteiger partial charge in [-0.3, -0.25) is 19.4 Å². The summed E-state index contributed by atoms with van der Waals surface area (Å²) < 4.78 is 0. The second-order valence-corrected chi connectivity index (χ2v) is 13.1. The third-order valence-electron chi connectivity index (χ3n) is 9.09. The number of ketones is 2. The molecule has 51 heavy (non-hydrogen) atoms. The Balaban J connectivity index is 1.41. The molecule has 0 unspecified atom stereocenters. The summed E-state index contributed by atoms with van der Waals surface area (Å²) in [5, 5.41) is 3.03. The van der Waals surface area contributed by atoms with Crippen LogP contribution >= 0.6 is 0 Å². The van der Waals surface area contributed by atoms with Crippen LogP contribution in [-0.4, -0.2) is 48.6 Å². The lowest BCUT2D eigenvalue weighted by Crippen LogP contribution is -2.46. The number of nitrogens with one attached hydrogen (secondary N) is 1. The maximum atomic E-state index is 13.8. The number of unbranched alkanes of at least 4 members (excludes halogenated alkanes) is 2. The number of hydrogen-bond donors (Lipinski definition) is 5. The number of rotatable bonds is 21. The Labute approximate surface area is 301 Å².